The molecule has 2 saturated carbocycles. The summed E-state index contributed by atoms with van der Waals surface area (Å²) in [5.41, 5.74) is 0. The van der Waals surface area contributed by atoms with Crippen molar-refractivity contribution < 1.29 is 5.11 Å². The van der Waals surface area contributed by atoms with Crippen LogP contribution in [0.4, 0.5) is 0 Å². The molecule has 0 radical (unpaired) electrons. The maximum atomic E-state index is 10.1. The Kier molecular flexibility index (Phi) is 3.68. The normalized spacial score (nSPS) is 37.2. The molecule has 0 aromatic carbocycles. The second-order valence-electron chi connectivity index (χ2n) is 5.50. The first-order valence-electron chi connectivity index (χ1n) is 6.62. The van der Waals surface area contributed by atoms with Crippen LogP contribution in [0.15, 0.2) is 0 Å². The molecule has 2 fully saturated rings. The van der Waals surface area contributed by atoms with E-state index in [1.54, 1.807) is 0 Å². The van der Waals surface area contributed by atoms with Crippen molar-refractivity contribution in [2.45, 2.75) is 70.1 Å². The van der Waals surface area contributed by atoms with Crippen molar-refractivity contribution in [1.82, 2.24) is 4.90 Å². The molecular weight excluding hydrogens is 186 g/mol. The number of hydrogen-bond acceptors (Lipinski definition) is 2. The molecule has 2 aliphatic carbocycles. The van der Waals surface area contributed by atoms with Gasteiger partial charge < -0.3 is 5.11 Å². The lowest BCUT2D eigenvalue weighted by atomic mass is 9.81. The highest BCUT2D eigenvalue weighted by atomic mass is 16.3. The van der Waals surface area contributed by atoms with Crippen LogP contribution in [-0.2, 0) is 0 Å². The Hall–Kier alpha value is -0.0800. The van der Waals surface area contributed by atoms with E-state index >= 15 is 0 Å². The van der Waals surface area contributed by atoms with Crippen LogP contribution in [0.1, 0.15) is 51.9 Å². The summed E-state index contributed by atoms with van der Waals surface area (Å²) in [5, 5.41) is 10.1. The summed E-state index contributed by atoms with van der Waals surface area (Å²) in [7, 11) is 2.21. The number of aliphatic hydroxyl groups is 1. The van der Waals surface area contributed by atoms with Gasteiger partial charge >= 0.3 is 0 Å². The highest BCUT2D eigenvalue weighted by Crippen LogP contribution is 2.35. The minimum atomic E-state index is -0.0660. The number of aliphatic hydroxyl groups excluding tert-OH is 1. The first kappa shape index (κ1) is 11.4. The Balaban J connectivity index is 1.89. The van der Waals surface area contributed by atoms with Crippen molar-refractivity contribution in [1.29, 1.82) is 0 Å². The second kappa shape index (κ2) is 4.84. The standard InChI is InChI=1S/C13H25NO/c1-3-4-10-5-8-13(15)12(9-10)14(2)11-6-7-11/h10-13,15H,3-9H2,1-2H3. The van der Waals surface area contributed by atoms with Crippen LogP contribution in [-0.4, -0.2) is 35.2 Å². The molecule has 0 amide bonds. The summed E-state index contributed by atoms with van der Waals surface area (Å²) in [6.07, 6.45) is 8.75. The average Bonchev–Trinajstić information content (AvgIpc) is 3.04. The van der Waals surface area contributed by atoms with Gasteiger partial charge in [-0.1, -0.05) is 19.8 Å². The zero-order chi connectivity index (χ0) is 10.8. The molecule has 15 heavy (non-hydrogen) atoms. The van der Waals surface area contributed by atoms with E-state index in [4.69, 9.17) is 0 Å². The minimum Gasteiger partial charge on any atom is -0.391 e. The van der Waals surface area contributed by atoms with Gasteiger partial charge in [0.1, 0.15) is 0 Å². The van der Waals surface area contributed by atoms with Crippen LogP contribution in [0, 0.1) is 5.92 Å². The molecule has 2 rings (SSSR count). The third-order valence-electron chi connectivity index (χ3n) is 4.23. The Morgan fingerprint density at radius 3 is 2.53 bits per heavy atom. The third-order valence-corrected chi connectivity index (χ3v) is 4.23. The summed E-state index contributed by atoms with van der Waals surface area (Å²) in [5.74, 6) is 0.865. The van der Waals surface area contributed by atoms with E-state index in [1.165, 1.54) is 38.5 Å². The van der Waals surface area contributed by atoms with Crippen molar-refractivity contribution in [2.75, 3.05) is 7.05 Å². The van der Waals surface area contributed by atoms with Crippen LogP contribution in [0.25, 0.3) is 0 Å². The fraction of sp³-hybridized carbons (Fsp3) is 1.00. The molecule has 0 saturated heterocycles. The Labute approximate surface area is 93.7 Å². The van der Waals surface area contributed by atoms with E-state index in [1.807, 2.05) is 0 Å². The fourth-order valence-electron chi connectivity index (χ4n) is 3.08. The zero-order valence-corrected chi connectivity index (χ0v) is 10.2. The maximum absolute atomic E-state index is 10.1. The number of nitrogens with zero attached hydrogens (tertiary/aromatic N) is 1. The first-order valence-corrected chi connectivity index (χ1v) is 6.62. The SMILES string of the molecule is CCCC1CCC(O)C(N(C)C2CC2)C1. The van der Waals surface area contributed by atoms with Gasteiger partial charge in [0, 0.05) is 12.1 Å². The van der Waals surface area contributed by atoms with E-state index in [9.17, 15) is 5.11 Å². The van der Waals surface area contributed by atoms with E-state index in [0.29, 0.717) is 6.04 Å². The molecule has 0 aliphatic heterocycles. The van der Waals surface area contributed by atoms with Gasteiger partial charge in [-0.05, 0) is 45.1 Å². The second-order valence-corrected chi connectivity index (χ2v) is 5.50. The smallest absolute Gasteiger partial charge is 0.0695 e. The number of hydrogen-bond donors (Lipinski definition) is 1. The fourth-order valence-corrected chi connectivity index (χ4v) is 3.08. The van der Waals surface area contributed by atoms with Crippen LogP contribution >= 0.6 is 0 Å². The minimum absolute atomic E-state index is 0.0660. The van der Waals surface area contributed by atoms with Crippen LogP contribution < -0.4 is 0 Å². The van der Waals surface area contributed by atoms with E-state index < -0.39 is 0 Å². The monoisotopic (exact) mass is 211 g/mol. The van der Waals surface area contributed by atoms with Gasteiger partial charge in [0.25, 0.3) is 0 Å². The van der Waals surface area contributed by atoms with E-state index in [-0.39, 0.29) is 6.10 Å². The average molecular weight is 211 g/mol. The predicted octanol–water partition coefficient (Wildman–Crippen LogP) is 2.41. The molecule has 0 spiro atoms. The summed E-state index contributed by atoms with van der Waals surface area (Å²) < 4.78 is 0. The van der Waals surface area contributed by atoms with Gasteiger partial charge in [0.2, 0.25) is 0 Å². The lowest BCUT2D eigenvalue weighted by Gasteiger charge is -2.39. The Bertz CT molecular complexity index is 203. The molecule has 0 aromatic rings. The third kappa shape index (κ3) is 2.73. The topological polar surface area (TPSA) is 23.5 Å². The molecule has 0 bridgehead atoms. The highest BCUT2D eigenvalue weighted by Gasteiger charge is 2.37. The molecular formula is C13H25NO. The summed E-state index contributed by atoms with van der Waals surface area (Å²) >= 11 is 0. The van der Waals surface area contributed by atoms with Gasteiger partial charge in [-0.25, -0.2) is 0 Å². The van der Waals surface area contributed by atoms with E-state index in [0.717, 1.165) is 18.4 Å². The zero-order valence-electron chi connectivity index (χ0n) is 10.2. The first-order chi connectivity index (χ1) is 7.22. The van der Waals surface area contributed by atoms with Gasteiger partial charge in [-0.15, -0.1) is 0 Å². The number of likely N-dealkylation sites (N-methyl/N-ethyl adjacent to an activating group) is 1. The van der Waals surface area contributed by atoms with Crippen molar-refractivity contribution in [3.8, 4) is 0 Å². The largest absolute Gasteiger partial charge is 0.391 e. The van der Waals surface area contributed by atoms with Crippen molar-refractivity contribution in [2.24, 2.45) is 5.92 Å². The molecule has 3 atom stereocenters. The molecule has 3 unspecified atom stereocenters. The lowest BCUT2D eigenvalue weighted by molar-refractivity contribution is 0.00942. The van der Waals surface area contributed by atoms with Gasteiger partial charge in [-0.3, -0.25) is 4.90 Å². The van der Waals surface area contributed by atoms with Crippen molar-refractivity contribution >= 4 is 0 Å². The molecule has 88 valence electrons. The molecule has 0 heterocycles. The molecule has 2 heteroatoms. The summed E-state index contributed by atoms with van der Waals surface area (Å²) in [6, 6.07) is 1.23. The number of rotatable bonds is 4. The van der Waals surface area contributed by atoms with Crippen molar-refractivity contribution in [3.05, 3.63) is 0 Å². The quantitative estimate of drug-likeness (QED) is 0.772. The Morgan fingerprint density at radius 1 is 1.20 bits per heavy atom. The highest BCUT2D eigenvalue weighted by molar-refractivity contribution is 4.92. The summed E-state index contributed by atoms with van der Waals surface area (Å²) in [4.78, 5) is 2.45. The molecule has 2 nitrogen and oxygen atoms in total. The molecule has 2 aliphatic rings. The van der Waals surface area contributed by atoms with E-state index in [2.05, 4.69) is 18.9 Å². The maximum Gasteiger partial charge on any atom is 0.0695 e. The van der Waals surface area contributed by atoms with Gasteiger partial charge in [0.15, 0.2) is 0 Å². The van der Waals surface area contributed by atoms with Gasteiger partial charge in [-0.2, -0.15) is 0 Å². The van der Waals surface area contributed by atoms with Crippen LogP contribution in [0.3, 0.4) is 0 Å². The molecule has 0 aromatic heterocycles. The van der Waals surface area contributed by atoms with Crippen molar-refractivity contribution in [3.63, 3.8) is 0 Å². The lowest BCUT2D eigenvalue weighted by Crippen LogP contribution is -2.46. The van der Waals surface area contributed by atoms with Crippen LogP contribution in [0.5, 0.6) is 0 Å². The van der Waals surface area contributed by atoms with Gasteiger partial charge in [0.05, 0.1) is 6.10 Å². The predicted molar refractivity (Wildman–Crippen MR) is 62.8 cm³/mol. The Morgan fingerprint density at radius 2 is 1.93 bits per heavy atom. The molecule has 1 N–H and O–H groups in total. The summed E-state index contributed by atoms with van der Waals surface area (Å²) in [6.45, 7) is 2.27. The van der Waals surface area contributed by atoms with Crippen LogP contribution in [0.2, 0.25) is 0 Å².